The number of benzene rings is 3. The number of fused-ring (bicyclic) bond motifs is 4. The second-order valence-corrected chi connectivity index (χ2v) is 8.87. The smallest absolute Gasteiger partial charge is 0.404 e. The van der Waals surface area contributed by atoms with Crippen LogP contribution in [0.3, 0.4) is 0 Å². The maximum Gasteiger partial charge on any atom is 0.404 e. The topological polar surface area (TPSA) is 95.4 Å². The quantitative estimate of drug-likeness (QED) is 0.546. The molecule has 0 heterocycles. The van der Waals surface area contributed by atoms with Gasteiger partial charge >= 0.3 is 6.09 Å². The van der Waals surface area contributed by atoms with E-state index in [2.05, 4.69) is 24.3 Å². The largest absolute Gasteiger partial charge is 0.446 e. The zero-order valence-corrected chi connectivity index (χ0v) is 18.3. The van der Waals surface area contributed by atoms with Crippen molar-refractivity contribution in [3.05, 3.63) is 88.2 Å². The molecule has 2 aliphatic carbocycles. The Kier molecular flexibility index (Phi) is 5.16. The zero-order valence-electron chi connectivity index (χ0n) is 18.3. The van der Waals surface area contributed by atoms with Crippen molar-refractivity contribution in [3.8, 4) is 11.1 Å². The van der Waals surface area contributed by atoms with E-state index in [1.807, 2.05) is 24.3 Å². The number of ether oxygens (including phenoxy) is 1. The maximum absolute atomic E-state index is 14.2. The minimum absolute atomic E-state index is 0.0387. The summed E-state index contributed by atoms with van der Waals surface area (Å²) in [6.07, 6.45) is -0.305. The fourth-order valence-electron chi connectivity index (χ4n) is 5.59. The number of nitrogen functional groups attached to an aromatic ring is 1. The lowest BCUT2D eigenvalue weighted by Crippen LogP contribution is -2.38. The third-order valence-corrected chi connectivity index (χ3v) is 7.12. The molecule has 4 N–H and O–H groups in total. The minimum Gasteiger partial charge on any atom is -0.446 e. The van der Waals surface area contributed by atoms with Crippen molar-refractivity contribution in [1.29, 1.82) is 0 Å². The number of nitrogens with two attached hydrogens (primary N) is 2. The number of rotatable bonds is 4. The van der Waals surface area contributed by atoms with Crippen molar-refractivity contribution in [1.82, 2.24) is 0 Å². The Bertz CT molecular complexity index is 1240. The monoisotopic (exact) mass is 444 g/mol. The van der Waals surface area contributed by atoms with Crippen LogP contribution in [0.4, 0.5) is 14.9 Å². The summed E-state index contributed by atoms with van der Waals surface area (Å²) in [7, 11) is 0. The van der Waals surface area contributed by atoms with Gasteiger partial charge in [-0.25, -0.2) is 9.18 Å². The van der Waals surface area contributed by atoms with Crippen molar-refractivity contribution >= 4 is 17.6 Å². The van der Waals surface area contributed by atoms with Crippen LogP contribution >= 0.6 is 0 Å². The molecule has 2 atom stereocenters. The van der Waals surface area contributed by atoms with Gasteiger partial charge in [0.1, 0.15) is 11.9 Å². The van der Waals surface area contributed by atoms with Crippen LogP contribution in [0.1, 0.15) is 51.4 Å². The van der Waals surface area contributed by atoms with E-state index in [-0.39, 0.29) is 17.4 Å². The molecule has 0 fully saturated rings. The summed E-state index contributed by atoms with van der Waals surface area (Å²) in [5.74, 6) is -1.27. The Balaban J connectivity index is 1.53. The van der Waals surface area contributed by atoms with Gasteiger partial charge in [0.25, 0.3) is 0 Å². The van der Waals surface area contributed by atoms with Crippen LogP contribution in [-0.2, 0) is 11.2 Å². The fraction of sp³-hybridized carbons (Fsp3) is 0.259. The van der Waals surface area contributed by atoms with Crippen molar-refractivity contribution in [2.45, 2.75) is 38.2 Å². The van der Waals surface area contributed by atoms with Gasteiger partial charge in [-0.1, -0.05) is 48.5 Å². The Morgan fingerprint density at radius 3 is 2.33 bits per heavy atom. The maximum atomic E-state index is 14.2. The minimum atomic E-state index is -0.915. The normalized spacial score (nSPS) is 17.8. The standard InChI is InChI=1S/C27H25FN2O3/c1-14-15-10-11-20(26(31)25(15)23(29)13-22(14)28)24(33-27(30)32)12-21-18-8-4-2-6-16(18)17-7-3-5-9-19(17)21/h2-9,13,20-21,24H,10-12,29H2,1H3,(H2,30,32). The molecule has 0 bridgehead atoms. The highest BCUT2D eigenvalue weighted by Gasteiger charge is 2.41. The first-order chi connectivity index (χ1) is 15.9. The van der Waals surface area contributed by atoms with Gasteiger partial charge in [-0.15, -0.1) is 0 Å². The third-order valence-electron chi connectivity index (χ3n) is 7.12. The van der Waals surface area contributed by atoms with Crippen LogP contribution < -0.4 is 11.5 Å². The molecular weight excluding hydrogens is 419 g/mol. The molecule has 1 amide bonds. The molecule has 168 valence electrons. The number of halogens is 1. The lowest BCUT2D eigenvalue weighted by molar-refractivity contribution is 0.0466. The Hall–Kier alpha value is -3.67. The summed E-state index contributed by atoms with van der Waals surface area (Å²) in [6, 6.07) is 17.5. The third kappa shape index (κ3) is 3.46. The first-order valence-corrected chi connectivity index (χ1v) is 11.1. The number of hydrogen-bond acceptors (Lipinski definition) is 4. The van der Waals surface area contributed by atoms with E-state index in [0.29, 0.717) is 36.0 Å². The number of Topliss-reactive ketones (excluding diaryl/α,β-unsaturated/α-hetero) is 1. The number of anilines is 1. The summed E-state index contributed by atoms with van der Waals surface area (Å²) in [6.45, 7) is 1.66. The molecule has 5 nitrogen and oxygen atoms in total. The molecule has 0 saturated carbocycles. The SMILES string of the molecule is Cc1c(F)cc(N)c2c1CCC(C(CC1c3ccccc3-c3ccccc31)OC(N)=O)C2=O. The average molecular weight is 445 g/mol. The van der Waals surface area contributed by atoms with Crippen LogP contribution in [0, 0.1) is 18.7 Å². The van der Waals surface area contributed by atoms with Gasteiger partial charge < -0.3 is 16.2 Å². The van der Waals surface area contributed by atoms with Gasteiger partial charge in [-0.05, 0) is 65.6 Å². The number of amides is 1. The summed E-state index contributed by atoms with van der Waals surface area (Å²) in [5.41, 5.74) is 17.6. The molecule has 3 aromatic carbocycles. The number of ketones is 1. The predicted molar refractivity (Wildman–Crippen MR) is 124 cm³/mol. The van der Waals surface area contributed by atoms with E-state index in [0.717, 1.165) is 22.3 Å². The van der Waals surface area contributed by atoms with Crippen LogP contribution in [0.25, 0.3) is 11.1 Å². The summed E-state index contributed by atoms with van der Waals surface area (Å²) in [5, 5.41) is 0. The zero-order chi connectivity index (χ0) is 23.3. The molecule has 5 rings (SSSR count). The van der Waals surface area contributed by atoms with E-state index in [1.54, 1.807) is 6.92 Å². The molecule has 33 heavy (non-hydrogen) atoms. The number of hydrogen-bond donors (Lipinski definition) is 2. The lowest BCUT2D eigenvalue weighted by atomic mass is 9.75. The Morgan fingerprint density at radius 2 is 1.73 bits per heavy atom. The molecule has 0 aromatic heterocycles. The number of carbonyl (C=O) groups is 2. The molecule has 0 radical (unpaired) electrons. The number of carbonyl (C=O) groups excluding carboxylic acids is 2. The van der Waals surface area contributed by atoms with Crippen LogP contribution in [0.15, 0.2) is 54.6 Å². The molecule has 2 unspecified atom stereocenters. The van der Waals surface area contributed by atoms with Gasteiger partial charge in [0.2, 0.25) is 0 Å². The second kappa shape index (κ2) is 8.03. The van der Waals surface area contributed by atoms with E-state index >= 15 is 0 Å². The number of primary amides is 1. The molecular formula is C27H25FN2O3. The Morgan fingerprint density at radius 1 is 1.12 bits per heavy atom. The molecule has 6 heteroatoms. The average Bonchev–Trinajstić information content (AvgIpc) is 3.10. The van der Waals surface area contributed by atoms with Crippen LogP contribution in [0.5, 0.6) is 0 Å². The predicted octanol–water partition coefficient (Wildman–Crippen LogP) is 5.13. The summed E-state index contributed by atoms with van der Waals surface area (Å²) in [4.78, 5) is 25.4. The first kappa shape index (κ1) is 21.2. The lowest BCUT2D eigenvalue weighted by Gasteiger charge is -2.32. The van der Waals surface area contributed by atoms with E-state index in [1.165, 1.54) is 6.07 Å². The molecule has 0 aliphatic heterocycles. The molecule has 3 aromatic rings. The highest BCUT2D eigenvalue weighted by molar-refractivity contribution is 6.05. The van der Waals surface area contributed by atoms with Gasteiger partial charge in [0, 0.05) is 17.2 Å². The molecule has 0 spiro atoms. The van der Waals surface area contributed by atoms with Crippen molar-refractivity contribution in [2.24, 2.45) is 11.7 Å². The van der Waals surface area contributed by atoms with Gasteiger partial charge in [0.15, 0.2) is 5.78 Å². The van der Waals surface area contributed by atoms with E-state index in [9.17, 15) is 14.0 Å². The molecule has 0 saturated heterocycles. The van der Waals surface area contributed by atoms with Crippen molar-refractivity contribution in [3.63, 3.8) is 0 Å². The summed E-state index contributed by atoms with van der Waals surface area (Å²) < 4.78 is 19.8. The van der Waals surface area contributed by atoms with Gasteiger partial charge in [-0.2, -0.15) is 0 Å². The fourth-order valence-corrected chi connectivity index (χ4v) is 5.59. The first-order valence-electron chi connectivity index (χ1n) is 11.1. The summed E-state index contributed by atoms with van der Waals surface area (Å²) >= 11 is 0. The highest BCUT2D eigenvalue weighted by atomic mass is 19.1. The molecule has 2 aliphatic rings. The van der Waals surface area contributed by atoms with Gasteiger partial charge in [0.05, 0.1) is 5.92 Å². The van der Waals surface area contributed by atoms with Gasteiger partial charge in [-0.3, -0.25) is 4.79 Å². The Labute approximate surface area is 191 Å². The second-order valence-electron chi connectivity index (χ2n) is 8.87. The van der Waals surface area contributed by atoms with E-state index < -0.39 is 23.9 Å². The van der Waals surface area contributed by atoms with Crippen LogP contribution in [-0.4, -0.2) is 18.0 Å². The van der Waals surface area contributed by atoms with E-state index in [4.69, 9.17) is 16.2 Å². The van der Waals surface area contributed by atoms with Crippen molar-refractivity contribution < 1.29 is 18.7 Å². The highest BCUT2D eigenvalue weighted by Crippen LogP contribution is 2.48. The van der Waals surface area contributed by atoms with Crippen molar-refractivity contribution in [2.75, 3.05) is 5.73 Å². The van der Waals surface area contributed by atoms with Crippen LogP contribution in [0.2, 0.25) is 0 Å².